The van der Waals surface area contributed by atoms with Crippen LogP contribution in [-0.2, 0) is 9.53 Å². The molecule has 3 rings (SSSR count). The summed E-state index contributed by atoms with van der Waals surface area (Å²) in [4.78, 5) is 27.4. The van der Waals surface area contributed by atoms with Crippen LogP contribution in [0.2, 0.25) is 5.02 Å². The number of ether oxygens (including phenoxy) is 1. The summed E-state index contributed by atoms with van der Waals surface area (Å²) < 4.78 is 6.13. The van der Waals surface area contributed by atoms with Gasteiger partial charge in [0.1, 0.15) is 5.69 Å². The highest BCUT2D eigenvalue weighted by molar-refractivity contribution is 9.10. The molecule has 0 bridgehead atoms. The minimum Gasteiger partial charge on any atom is -0.448 e. The summed E-state index contributed by atoms with van der Waals surface area (Å²) in [7, 11) is 0. The van der Waals surface area contributed by atoms with Gasteiger partial charge in [-0.1, -0.05) is 45.7 Å². The van der Waals surface area contributed by atoms with Crippen LogP contribution in [0.1, 0.15) is 17.4 Å². The Morgan fingerprint density at radius 3 is 2.52 bits per heavy atom. The second-order valence-electron chi connectivity index (χ2n) is 5.40. The Kier molecular flexibility index (Phi) is 5.11. The summed E-state index contributed by atoms with van der Waals surface area (Å²) in [5.74, 6) is -1.11. The zero-order valence-electron chi connectivity index (χ0n) is 13.2. The second-order valence-corrected chi connectivity index (χ2v) is 6.70. The number of rotatable bonds is 4. The third-order valence-corrected chi connectivity index (χ3v) is 4.53. The molecule has 0 aliphatic rings. The Morgan fingerprint density at radius 2 is 1.84 bits per heavy atom. The largest absolute Gasteiger partial charge is 0.448 e. The molecule has 1 aromatic heterocycles. The lowest BCUT2D eigenvalue weighted by Gasteiger charge is -2.13. The lowest BCUT2D eigenvalue weighted by atomic mass is 10.2. The topological polar surface area (TPSA) is 71.2 Å². The molecular weight excluding hydrogens is 408 g/mol. The van der Waals surface area contributed by atoms with Gasteiger partial charge in [0.15, 0.2) is 6.10 Å². The number of benzene rings is 2. The van der Waals surface area contributed by atoms with Crippen LogP contribution in [0.5, 0.6) is 0 Å². The van der Waals surface area contributed by atoms with Crippen molar-refractivity contribution in [1.29, 1.82) is 0 Å². The van der Waals surface area contributed by atoms with Crippen molar-refractivity contribution in [2.45, 2.75) is 13.0 Å². The first kappa shape index (κ1) is 17.5. The van der Waals surface area contributed by atoms with Crippen LogP contribution in [0.25, 0.3) is 10.9 Å². The van der Waals surface area contributed by atoms with Crippen molar-refractivity contribution in [2.75, 3.05) is 5.32 Å². The van der Waals surface area contributed by atoms with Gasteiger partial charge >= 0.3 is 5.97 Å². The third-order valence-electron chi connectivity index (χ3n) is 3.61. The van der Waals surface area contributed by atoms with E-state index in [-0.39, 0.29) is 10.7 Å². The van der Waals surface area contributed by atoms with E-state index in [1.54, 1.807) is 30.3 Å². The Balaban J connectivity index is 1.69. The van der Waals surface area contributed by atoms with E-state index in [9.17, 15) is 9.59 Å². The van der Waals surface area contributed by atoms with Gasteiger partial charge in [0, 0.05) is 21.1 Å². The van der Waals surface area contributed by atoms with Gasteiger partial charge in [-0.3, -0.25) is 4.79 Å². The maximum atomic E-state index is 12.3. The van der Waals surface area contributed by atoms with Gasteiger partial charge in [-0.15, -0.1) is 0 Å². The average molecular weight is 422 g/mol. The highest BCUT2D eigenvalue weighted by Gasteiger charge is 2.23. The maximum Gasteiger partial charge on any atom is 0.357 e. The number of carbonyl (C=O) groups excluding carboxylic acids is 2. The monoisotopic (exact) mass is 420 g/mol. The molecule has 7 heteroatoms. The van der Waals surface area contributed by atoms with Crippen LogP contribution >= 0.6 is 27.5 Å². The fourth-order valence-electron chi connectivity index (χ4n) is 2.30. The molecule has 128 valence electrons. The van der Waals surface area contributed by atoms with E-state index in [0.717, 1.165) is 15.4 Å². The Bertz CT molecular complexity index is 937. The summed E-state index contributed by atoms with van der Waals surface area (Å²) >= 11 is 9.54. The molecule has 0 saturated heterocycles. The molecular formula is C18H14BrClN2O3. The molecule has 0 spiro atoms. The molecule has 5 nitrogen and oxygen atoms in total. The molecule has 0 unspecified atom stereocenters. The van der Waals surface area contributed by atoms with Crippen LogP contribution in [0, 0.1) is 0 Å². The van der Waals surface area contributed by atoms with E-state index in [1.165, 1.54) is 6.92 Å². The summed E-state index contributed by atoms with van der Waals surface area (Å²) in [5.41, 5.74) is 1.47. The molecule has 25 heavy (non-hydrogen) atoms. The van der Waals surface area contributed by atoms with Gasteiger partial charge in [-0.2, -0.15) is 0 Å². The number of para-hydroxylation sites is 1. The number of carbonyl (C=O) groups is 2. The first-order valence-electron chi connectivity index (χ1n) is 7.49. The first-order valence-corrected chi connectivity index (χ1v) is 8.66. The SMILES string of the molecule is C[C@@H](OC(=O)c1[nH]c2ccccc2c1Cl)C(=O)Nc1ccc(Br)cc1. The number of esters is 1. The number of amides is 1. The Labute approximate surface area is 157 Å². The average Bonchev–Trinajstić information content (AvgIpc) is 2.94. The molecule has 0 aliphatic heterocycles. The number of anilines is 1. The molecule has 3 aromatic rings. The molecule has 2 N–H and O–H groups in total. The van der Waals surface area contributed by atoms with Gasteiger partial charge in [-0.25, -0.2) is 4.79 Å². The van der Waals surface area contributed by atoms with Gasteiger partial charge in [-0.05, 0) is 37.3 Å². The molecule has 0 fully saturated rings. The molecule has 1 amide bonds. The van der Waals surface area contributed by atoms with Crippen molar-refractivity contribution >= 4 is 56.0 Å². The summed E-state index contributed by atoms with van der Waals surface area (Å²) in [6, 6.07) is 14.4. The van der Waals surface area contributed by atoms with Crippen molar-refractivity contribution in [3.63, 3.8) is 0 Å². The van der Waals surface area contributed by atoms with Crippen LogP contribution < -0.4 is 5.32 Å². The van der Waals surface area contributed by atoms with Crippen molar-refractivity contribution in [1.82, 2.24) is 4.98 Å². The lowest BCUT2D eigenvalue weighted by Crippen LogP contribution is -2.30. The number of fused-ring (bicyclic) bond motifs is 1. The number of hydrogen-bond acceptors (Lipinski definition) is 3. The minimum atomic E-state index is -0.973. The molecule has 1 heterocycles. The van der Waals surface area contributed by atoms with Crippen LogP contribution in [-0.4, -0.2) is 23.0 Å². The van der Waals surface area contributed by atoms with Gasteiger partial charge in [0.2, 0.25) is 0 Å². The van der Waals surface area contributed by atoms with E-state index in [2.05, 4.69) is 26.2 Å². The van der Waals surface area contributed by atoms with E-state index in [4.69, 9.17) is 16.3 Å². The highest BCUT2D eigenvalue weighted by atomic mass is 79.9. The summed E-state index contributed by atoms with van der Waals surface area (Å²) in [6.45, 7) is 1.50. The molecule has 0 saturated carbocycles. The van der Waals surface area contributed by atoms with Crippen molar-refractivity contribution < 1.29 is 14.3 Å². The Hall–Kier alpha value is -2.31. The van der Waals surface area contributed by atoms with E-state index < -0.39 is 18.0 Å². The van der Waals surface area contributed by atoms with Crippen LogP contribution in [0.3, 0.4) is 0 Å². The van der Waals surface area contributed by atoms with E-state index in [1.807, 2.05) is 18.2 Å². The van der Waals surface area contributed by atoms with E-state index in [0.29, 0.717) is 5.69 Å². The molecule has 2 aromatic carbocycles. The van der Waals surface area contributed by atoms with Gasteiger partial charge in [0.05, 0.1) is 5.02 Å². The fraction of sp³-hybridized carbons (Fsp3) is 0.111. The maximum absolute atomic E-state index is 12.3. The zero-order valence-corrected chi connectivity index (χ0v) is 15.5. The van der Waals surface area contributed by atoms with Crippen molar-refractivity contribution in [2.24, 2.45) is 0 Å². The van der Waals surface area contributed by atoms with Crippen molar-refractivity contribution in [3.8, 4) is 0 Å². The third kappa shape index (κ3) is 3.86. The smallest absolute Gasteiger partial charge is 0.357 e. The molecule has 0 aliphatic carbocycles. The number of aromatic amines is 1. The molecule has 1 atom stereocenters. The normalized spacial score (nSPS) is 12.0. The van der Waals surface area contributed by atoms with Gasteiger partial charge < -0.3 is 15.0 Å². The standard InChI is InChI=1S/C18H14BrClN2O3/c1-10(17(23)21-12-8-6-11(19)7-9-12)25-18(24)16-15(20)13-4-2-3-5-14(13)22-16/h2-10,22H,1H3,(H,21,23)/t10-/m1/s1. The number of nitrogens with one attached hydrogen (secondary N) is 2. The second kappa shape index (κ2) is 7.29. The van der Waals surface area contributed by atoms with Crippen molar-refractivity contribution in [3.05, 3.63) is 63.7 Å². The summed E-state index contributed by atoms with van der Waals surface area (Å²) in [6.07, 6.45) is -0.973. The Morgan fingerprint density at radius 1 is 1.16 bits per heavy atom. The first-order chi connectivity index (χ1) is 12.0. The number of hydrogen-bond donors (Lipinski definition) is 2. The van der Waals surface area contributed by atoms with Crippen LogP contribution in [0.15, 0.2) is 53.0 Å². The van der Waals surface area contributed by atoms with Crippen LogP contribution in [0.4, 0.5) is 5.69 Å². The number of H-pyrrole nitrogens is 1. The predicted octanol–water partition coefficient (Wildman–Crippen LogP) is 4.77. The summed E-state index contributed by atoms with van der Waals surface area (Å²) in [5, 5.41) is 3.69. The fourth-order valence-corrected chi connectivity index (χ4v) is 2.85. The van der Waals surface area contributed by atoms with Gasteiger partial charge in [0.25, 0.3) is 5.91 Å². The quantitative estimate of drug-likeness (QED) is 0.596. The highest BCUT2D eigenvalue weighted by Crippen LogP contribution is 2.27. The zero-order chi connectivity index (χ0) is 18.0. The predicted molar refractivity (Wildman–Crippen MR) is 101 cm³/mol. The lowest BCUT2D eigenvalue weighted by molar-refractivity contribution is -0.123. The minimum absolute atomic E-state index is 0.131. The number of aromatic nitrogens is 1. The van der Waals surface area contributed by atoms with E-state index >= 15 is 0 Å². The number of halogens is 2. The molecule has 0 radical (unpaired) electrons.